The summed E-state index contributed by atoms with van der Waals surface area (Å²) in [5, 5.41) is 13.9. The molecule has 0 amide bonds. The highest BCUT2D eigenvalue weighted by atomic mass is 79.9. The maximum atomic E-state index is 10.7. The number of pyridine rings is 1. The van der Waals surface area contributed by atoms with Crippen LogP contribution >= 0.6 is 15.9 Å². The zero-order chi connectivity index (χ0) is 13.7. The van der Waals surface area contributed by atoms with Gasteiger partial charge in [-0.1, -0.05) is 13.8 Å². The van der Waals surface area contributed by atoms with Crippen LogP contribution in [0.25, 0.3) is 0 Å². The molecule has 100 valence electrons. The summed E-state index contributed by atoms with van der Waals surface area (Å²) in [4.78, 5) is 14.2. The largest absolute Gasteiger partial charge is 0.475 e. The van der Waals surface area contributed by atoms with Gasteiger partial charge in [0.05, 0.1) is 9.40 Å². The Morgan fingerprint density at radius 1 is 1.61 bits per heavy atom. The monoisotopic (exact) mass is 317 g/mol. The van der Waals surface area contributed by atoms with E-state index in [4.69, 9.17) is 4.74 Å². The summed E-state index contributed by atoms with van der Waals surface area (Å²) < 4.78 is 5.99. The summed E-state index contributed by atoms with van der Waals surface area (Å²) in [5.74, 6) is 0.378. The Bertz CT molecular complexity index is 438. The highest BCUT2D eigenvalue weighted by Crippen LogP contribution is 2.31. The molecule has 0 radical (unpaired) electrons. The minimum atomic E-state index is -0.461. The van der Waals surface area contributed by atoms with Crippen LogP contribution in [0.15, 0.2) is 10.7 Å². The Morgan fingerprint density at radius 3 is 2.83 bits per heavy atom. The van der Waals surface area contributed by atoms with Crippen LogP contribution in [0.3, 0.4) is 0 Å². The number of rotatable bonds is 6. The summed E-state index contributed by atoms with van der Waals surface area (Å²) >= 11 is 3.27. The maximum Gasteiger partial charge on any atom is 0.291 e. The van der Waals surface area contributed by atoms with Crippen LogP contribution in [-0.4, -0.2) is 29.1 Å². The Morgan fingerprint density at radius 2 is 2.28 bits per heavy atom. The van der Waals surface area contributed by atoms with Crippen molar-refractivity contribution in [2.24, 2.45) is 0 Å². The molecule has 0 aliphatic heterocycles. The second-order valence-corrected chi connectivity index (χ2v) is 4.89. The molecule has 1 heterocycles. The number of halogens is 1. The van der Waals surface area contributed by atoms with Crippen LogP contribution in [0, 0.1) is 17.0 Å². The minimum Gasteiger partial charge on any atom is -0.475 e. The minimum absolute atomic E-state index is 0.0190. The highest BCUT2D eigenvalue weighted by Gasteiger charge is 2.17. The molecular weight excluding hydrogens is 302 g/mol. The molecule has 0 unspecified atom stereocenters. The second-order valence-electron chi connectivity index (χ2n) is 4.10. The standard InChI is InChI=1S/C11H16BrN3O3/c1-7(2)13-4-5-18-11-10(12)8(3)9(6-14-11)15(16)17/h6-7,13H,4-5H2,1-3H3. The third kappa shape index (κ3) is 3.92. The van der Waals surface area contributed by atoms with Gasteiger partial charge in [-0.3, -0.25) is 10.1 Å². The quantitative estimate of drug-likeness (QED) is 0.495. The van der Waals surface area contributed by atoms with Gasteiger partial charge in [-0.2, -0.15) is 0 Å². The van der Waals surface area contributed by atoms with Crippen LogP contribution in [0.5, 0.6) is 5.88 Å². The van der Waals surface area contributed by atoms with Crippen LogP contribution in [0.2, 0.25) is 0 Å². The van der Waals surface area contributed by atoms with Gasteiger partial charge < -0.3 is 10.1 Å². The number of ether oxygens (including phenoxy) is 1. The SMILES string of the molecule is Cc1c([N+](=O)[O-])cnc(OCCNC(C)C)c1Br. The van der Waals surface area contributed by atoms with Gasteiger partial charge in [-0.05, 0) is 22.9 Å². The number of aromatic nitrogens is 1. The number of hydrogen-bond acceptors (Lipinski definition) is 5. The Balaban J connectivity index is 2.68. The van der Waals surface area contributed by atoms with Crippen molar-refractivity contribution in [3.05, 3.63) is 26.3 Å². The predicted octanol–water partition coefficient (Wildman–Crippen LogP) is 2.44. The zero-order valence-electron chi connectivity index (χ0n) is 10.6. The molecule has 1 aromatic rings. The molecule has 7 heteroatoms. The van der Waals surface area contributed by atoms with Gasteiger partial charge in [0, 0.05) is 18.2 Å². The molecule has 0 saturated carbocycles. The highest BCUT2D eigenvalue weighted by molar-refractivity contribution is 9.10. The first-order valence-electron chi connectivity index (χ1n) is 5.59. The molecule has 1 N–H and O–H groups in total. The fourth-order valence-electron chi connectivity index (χ4n) is 1.33. The van der Waals surface area contributed by atoms with Crippen LogP contribution in [0.1, 0.15) is 19.4 Å². The lowest BCUT2D eigenvalue weighted by atomic mass is 10.2. The van der Waals surface area contributed by atoms with Crippen molar-refractivity contribution in [2.45, 2.75) is 26.8 Å². The number of hydrogen-bond donors (Lipinski definition) is 1. The van der Waals surface area contributed by atoms with E-state index in [-0.39, 0.29) is 5.69 Å². The first-order chi connectivity index (χ1) is 8.43. The van der Waals surface area contributed by atoms with E-state index in [0.717, 1.165) is 0 Å². The Kier molecular flexibility index (Phi) is 5.49. The number of nitrogens with one attached hydrogen (secondary N) is 1. The third-order valence-electron chi connectivity index (χ3n) is 2.30. The summed E-state index contributed by atoms with van der Waals surface area (Å²) in [7, 11) is 0. The molecule has 0 aliphatic carbocycles. The van der Waals surface area contributed by atoms with E-state index in [1.165, 1.54) is 6.20 Å². The van der Waals surface area contributed by atoms with Gasteiger partial charge in [0.2, 0.25) is 5.88 Å². The summed E-state index contributed by atoms with van der Waals surface area (Å²) in [6.07, 6.45) is 1.21. The van der Waals surface area contributed by atoms with E-state index in [9.17, 15) is 10.1 Å². The van der Waals surface area contributed by atoms with Gasteiger partial charge >= 0.3 is 0 Å². The van der Waals surface area contributed by atoms with Crippen molar-refractivity contribution in [3.63, 3.8) is 0 Å². The lowest BCUT2D eigenvalue weighted by Gasteiger charge is -2.11. The van der Waals surface area contributed by atoms with Crippen molar-refractivity contribution < 1.29 is 9.66 Å². The van der Waals surface area contributed by atoms with E-state index in [0.29, 0.717) is 35.1 Å². The smallest absolute Gasteiger partial charge is 0.291 e. The topological polar surface area (TPSA) is 77.3 Å². The maximum absolute atomic E-state index is 10.7. The molecule has 0 spiro atoms. The third-order valence-corrected chi connectivity index (χ3v) is 3.23. The number of nitro groups is 1. The van der Waals surface area contributed by atoms with Crippen LogP contribution in [0.4, 0.5) is 5.69 Å². The fraction of sp³-hybridized carbons (Fsp3) is 0.545. The number of nitrogens with zero attached hydrogens (tertiary/aromatic N) is 2. The molecule has 0 saturated heterocycles. The van der Waals surface area contributed by atoms with Crippen molar-refractivity contribution >= 4 is 21.6 Å². The molecule has 0 fully saturated rings. The summed E-state index contributed by atoms with van der Waals surface area (Å²) in [6, 6.07) is 0.392. The molecule has 1 aromatic heterocycles. The van der Waals surface area contributed by atoms with E-state index in [1.54, 1.807) is 6.92 Å². The first kappa shape index (κ1) is 14.8. The lowest BCUT2D eigenvalue weighted by Crippen LogP contribution is -2.27. The summed E-state index contributed by atoms with van der Waals surface area (Å²) in [6.45, 7) is 6.90. The van der Waals surface area contributed by atoms with Gasteiger partial charge in [0.1, 0.15) is 12.8 Å². The summed E-state index contributed by atoms with van der Waals surface area (Å²) in [5.41, 5.74) is 0.497. The van der Waals surface area contributed by atoms with Crippen LogP contribution in [-0.2, 0) is 0 Å². The fourth-order valence-corrected chi connectivity index (χ4v) is 1.75. The Hall–Kier alpha value is -1.21. The average molecular weight is 318 g/mol. The van der Waals surface area contributed by atoms with Gasteiger partial charge in [-0.15, -0.1) is 0 Å². The van der Waals surface area contributed by atoms with Crippen molar-refractivity contribution in [3.8, 4) is 5.88 Å². The van der Waals surface area contributed by atoms with Gasteiger partial charge in [0.15, 0.2) is 0 Å². The van der Waals surface area contributed by atoms with Gasteiger partial charge in [0.25, 0.3) is 5.69 Å². The second kappa shape index (κ2) is 6.65. The predicted molar refractivity (Wildman–Crippen MR) is 72.0 cm³/mol. The van der Waals surface area contributed by atoms with E-state index < -0.39 is 4.92 Å². The lowest BCUT2D eigenvalue weighted by molar-refractivity contribution is -0.385. The molecule has 1 rings (SSSR count). The average Bonchev–Trinajstić information content (AvgIpc) is 2.29. The molecular formula is C11H16BrN3O3. The van der Waals surface area contributed by atoms with E-state index >= 15 is 0 Å². The molecule has 0 aromatic carbocycles. The Labute approximate surface area is 114 Å². The molecule has 0 bridgehead atoms. The van der Waals surface area contributed by atoms with Crippen molar-refractivity contribution in [1.29, 1.82) is 0 Å². The molecule has 6 nitrogen and oxygen atoms in total. The van der Waals surface area contributed by atoms with Crippen molar-refractivity contribution in [1.82, 2.24) is 10.3 Å². The molecule has 0 aliphatic rings. The molecule has 0 atom stereocenters. The van der Waals surface area contributed by atoms with Crippen molar-refractivity contribution in [2.75, 3.05) is 13.2 Å². The first-order valence-corrected chi connectivity index (χ1v) is 6.38. The molecule has 18 heavy (non-hydrogen) atoms. The van der Waals surface area contributed by atoms with Gasteiger partial charge in [-0.25, -0.2) is 4.98 Å². The normalized spacial score (nSPS) is 10.7. The van der Waals surface area contributed by atoms with E-state index in [2.05, 4.69) is 26.2 Å². The van der Waals surface area contributed by atoms with Crippen LogP contribution < -0.4 is 10.1 Å². The van der Waals surface area contributed by atoms with E-state index in [1.807, 2.05) is 13.8 Å². The zero-order valence-corrected chi connectivity index (χ0v) is 12.2.